The molecular weight excluding hydrogens is 316 g/mol. The molecule has 0 radical (unpaired) electrons. The fourth-order valence-electron chi connectivity index (χ4n) is 1.72. The zero-order chi connectivity index (χ0) is 17.5. The molecule has 0 amide bonds. The van der Waals surface area contributed by atoms with Crippen molar-refractivity contribution in [3.63, 3.8) is 0 Å². The van der Waals surface area contributed by atoms with Crippen LogP contribution in [-0.2, 0) is 23.7 Å². The van der Waals surface area contributed by atoms with Crippen molar-refractivity contribution in [2.75, 3.05) is 26.4 Å². The summed E-state index contributed by atoms with van der Waals surface area (Å²) in [6.45, 7) is 5.46. The van der Waals surface area contributed by atoms with E-state index in [-0.39, 0.29) is 42.6 Å². The number of benzene rings is 1. The second kappa shape index (κ2) is 8.26. The average molecular weight is 334 g/mol. The molecule has 1 heterocycles. The summed E-state index contributed by atoms with van der Waals surface area (Å²) in [7, 11) is 0. The van der Waals surface area contributed by atoms with Gasteiger partial charge in [0.1, 0.15) is 25.9 Å². The molecule has 1 fully saturated rings. The number of epoxide rings is 1. The lowest BCUT2D eigenvalue weighted by molar-refractivity contribution is -0.140. The summed E-state index contributed by atoms with van der Waals surface area (Å²) < 4.78 is 19.9. The Bertz CT molecular complexity index is 646. The van der Waals surface area contributed by atoms with Crippen LogP contribution in [0, 0.1) is 0 Å². The molecule has 0 N–H and O–H groups in total. The van der Waals surface area contributed by atoms with Crippen molar-refractivity contribution >= 4 is 17.9 Å². The lowest BCUT2D eigenvalue weighted by Gasteiger charge is -2.09. The molecular formula is C17H18O7. The van der Waals surface area contributed by atoms with Gasteiger partial charge in [-0.05, 0) is 19.1 Å². The molecule has 2 rings (SSSR count). The minimum Gasteiger partial charge on any atom is -0.459 e. The van der Waals surface area contributed by atoms with Crippen LogP contribution in [0.25, 0.3) is 0 Å². The van der Waals surface area contributed by atoms with E-state index in [0.29, 0.717) is 6.61 Å². The predicted octanol–water partition coefficient (Wildman–Crippen LogP) is 1.52. The molecule has 0 spiro atoms. The summed E-state index contributed by atoms with van der Waals surface area (Å²) in [5.41, 5.74) is 0.460. The molecule has 1 aliphatic rings. The van der Waals surface area contributed by atoms with Gasteiger partial charge in [0.05, 0.1) is 17.7 Å². The lowest BCUT2D eigenvalue weighted by atomic mass is 10.1. The predicted molar refractivity (Wildman–Crippen MR) is 82.5 cm³/mol. The molecule has 1 aromatic rings. The van der Waals surface area contributed by atoms with Crippen molar-refractivity contribution in [1.82, 2.24) is 0 Å². The standard InChI is InChI=1S/C17H18O7/c1-11(2)15(18)21-7-8-22-16(19)13-5-3-4-6-14(13)17(20)24-10-12-9-23-12/h3-6,12H,1,7-10H2,2H3. The molecule has 0 bridgehead atoms. The molecule has 7 nitrogen and oxygen atoms in total. The number of rotatable bonds is 8. The second-order valence-corrected chi connectivity index (χ2v) is 5.15. The van der Waals surface area contributed by atoms with Gasteiger partial charge in [-0.3, -0.25) is 0 Å². The summed E-state index contributed by atoms with van der Waals surface area (Å²) in [6, 6.07) is 6.17. The van der Waals surface area contributed by atoms with Gasteiger partial charge in [-0.2, -0.15) is 0 Å². The summed E-state index contributed by atoms with van der Waals surface area (Å²) in [6.07, 6.45) is -0.0592. The maximum atomic E-state index is 12.1. The Kier molecular flexibility index (Phi) is 6.08. The van der Waals surface area contributed by atoms with Crippen molar-refractivity contribution in [2.24, 2.45) is 0 Å². The van der Waals surface area contributed by atoms with E-state index >= 15 is 0 Å². The fraction of sp³-hybridized carbons (Fsp3) is 0.353. The van der Waals surface area contributed by atoms with Gasteiger partial charge in [-0.15, -0.1) is 0 Å². The molecule has 24 heavy (non-hydrogen) atoms. The summed E-state index contributed by atoms with van der Waals surface area (Å²) in [5.74, 6) is -1.87. The van der Waals surface area contributed by atoms with Crippen LogP contribution in [0.3, 0.4) is 0 Å². The van der Waals surface area contributed by atoms with Crippen LogP contribution in [0.1, 0.15) is 27.6 Å². The summed E-state index contributed by atoms with van der Waals surface area (Å²) in [5, 5.41) is 0. The molecule has 1 aliphatic heterocycles. The first-order valence-electron chi connectivity index (χ1n) is 7.36. The van der Waals surface area contributed by atoms with Crippen molar-refractivity contribution < 1.29 is 33.3 Å². The van der Waals surface area contributed by atoms with Crippen LogP contribution in [0.5, 0.6) is 0 Å². The van der Waals surface area contributed by atoms with Crippen LogP contribution in [0.4, 0.5) is 0 Å². The minimum atomic E-state index is -0.698. The second-order valence-electron chi connectivity index (χ2n) is 5.15. The maximum Gasteiger partial charge on any atom is 0.339 e. The average Bonchev–Trinajstić information content (AvgIpc) is 3.40. The highest BCUT2D eigenvalue weighted by molar-refractivity contribution is 6.03. The van der Waals surface area contributed by atoms with E-state index in [1.165, 1.54) is 19.1 Å². The first kappa shape index (κ1) is 17.7. The number of carbonyl (C=O) groups is 3. The van der Waals surface area contributed by atoms with Gasteiger partial charge in [-0.1, -0.05) is 18.7 Å². The monoisotopic (exact) mass is 334 g/mol. The van der Waals surface area contributed by atoms with E-state index in [1.807, 2.05) is 0 Å². The third-order valence-electron chi connectivity index (χ3n) is 3.07. The van der Waals surface area contributed by atoms with Gasteiger partial charge in [0, 0.05) is 5.57 Å². The normalized spacial score (nSPS) is 15.3. The SMILES string of the molecule is C=C(C)C(=O)OCCOC(=O)c1ccccc1C(=O)OCC1CO1. The van der Waals surface area contributed by atoms with Gasteiger partial charge in [0.2, 0.25) is 0 Å². The minimum absolute atomic E-state index is 0.0592. The number of hydrogen-bond acceptors (Lipinski definition) is 7. The zero-order valence-corrected chi connectivity index (χ0v) is 13.3. The molecule has 1 saturated heterocycles. The number of carbonyl (C=O) groups excluding carboxylic acids is 3. The molecule has 0 aromatic heterocycles. The number of esters is 3. The highest BCUT2D eigenvalue weighted by atomic mass is 16.6. The maximum absolute atomic E-state index is 12.1. The third kappa shape index (κ3) is 5.20. The van der Waals surface area contributed by atoms with E-state index in [0.717, 1.165) is 0 Å². The Balaban J connectivity index is 1.87. The molecule has 0 aliphatic carbocycles. The molecule has 1 atom stereocenters. The Morgan fingerprint density at radius 2 is 1.62 bits per heavy atom. The van der Waals surface area contributed by atoms with Crippen LogP contribution >= 0.6 is 0 Å². The van der Waals surface area contributed by atoms with Crippen molar-refractivity contribution in [3.05, 3.63) is 47.5 Å². The summed E-state index contributed by atoms with van der Waals surface area (Å²) >= 11 is 0. The van der Waals surface area contributed by atoms with Crippen LogP contribution in [0.15, 0.2) is 36.4 Å². The molecule has 1 aromatic carbocycles. The van der Waals surface area contributed by atoms with Gasteiger partial charge in [0.25, 0.3) is 0 Å². The first-order valence-corrected chi connectivity index (χ1v) is 7.36. The molecule has 128 valence electrons. The topological polar surface area (TPSA) is 91.4 Å². The number of ether oxygens (including phenoxy) is 4. The smallest absolute Gasteiger partial charge is 0.339 e. The zero-order valence-electron chi connectivity index (χ0n) is 13.3. The fourth-order valence-corrected chi connectivity index (χ4v) is 1.72. The Morgan fingerprint density at radius 3 is 2.17 bits per heavy atom. The largest absolute Gasteiger partial charge is 0.459 e. The van der Waals surface area contributed by atoms with Crippen molar-refractivity contribution in [1.29, 1.82) is 0 Å². The third-order valence-corrected chi connectivity index (χ3v) is 3.07. The lowest BCUT2D eigenvalue weighted by Crippen LogP contribution is -2.18. The van der Waals surface area contributed by atoms with Crippen LogP contribution in [-0.4, -0.2) is 50.4 Å². The highest BCUT2D eigenvalue weighted by Crippen LogP contribution is 2.14. The Hall–Kier alpha value is -2.67. The van der Waals surface area contributed by atoms with E-state index < -0.39 is 17.9 Å². The summed E-state index contributed by atoms with van der Waals surface area (Å²) in [4.78, 5) is 35.3. The molecule has 0 saturated carbocycles. The first-order chi connectivity index (χ1) is 11.5. The van der Waals surface area contributed by atoms with Gasteiger partial charge < -0.3 is 18.9 Å². The van der Waals surface area contributed by atoms with Crippen LogP contribution in [0.2, 0.25) is 0 Å². The van der Waals surface area contributed by atoms with Crippen LogP contribution < -0.4 is 0 Å². The van der Waals surface area contributed by atoms with E-state index in [2.05, 4.69) is 6.58 Å². The molecule has 1 unspecified atom stereocenters. The quantitative estimate of drug-likeness (QED) is 0.234. The molecule has 7 heteroatoms. The van der Waals surface area contributed by atoms with Crippen molar-refractivity contribution in [2.45, 2.75) is 13.0 Å². The number of hydrogen-bond donors (Lipinski definition) is 0. The Morgan fingerprint density at radius 1 is 1.08 bits per heavy atom. The van der Waals surface area contributed by atoms with Crippen molar-refractivity contribution in [3.8, 4) is 0 Å². The van der Waals surface area contributed by atoms with E-state index in [9.17, 15) is 14.4 Å². The van der Waals surface area contributed by atoms with Gasteiger partial charge in [-0.25, -0.2) is 14.4 Å². The Labute approximate surface area is 139 Å². The van der Waals surface area contributed by atoms with E-state index in [1.54, 1.807) is 12.1 Å². The van der Waals surface area contributed by atoms with Gasteiger partial charge >= 0.3 is 17.9 Å². The highest BCUT2D eigenvalue weighted by Gasteiger charge is 2.26. The van der Waals surface area contributed by atoms with Gasteiger partial charge in [0.15, 0.2) is 0 Å². The van der Waals surface area contributed by atoms with E-state index in [4.69, 9.17) is 18.9 Å².